The molecule has 0 heterocycles. The van der Waals surface area contributed by atoms with Gasteiger partial charge in [0, 0.05) is 13.0 Å². The number of esters is 1. The molecule has 0 amide bonds. The van der Waals surface area contributed by atoms with Crippen LogP contribution in [0.15, 0.2) is 18.2 Å². The van der Waals surface area contributed by atoms with E-state index in [4.69, 9.17) is 4.74 Å². The zero-order chi connectivity index (χ0) is 15.0. The highest BCUT2D eigenvalue weighted by molar-refractivity contribution is 5.69. The van der Waals surface area contributed by atoms with Gasteiger partial charge in [-0.05, 0) is 51.1 Å². The molecule has 0 bridgehead atoms. The minimum Gasteiger partial charge on any atom is -0.492 e. The fourth-order valence-electron chi connectivity index (χ4n) is 1.88. The number of hydrogen-bond donors (Lipinski definition) is 0. The Labute approximate surface area is 121 Å². The normalized spacial score (nSPS) is 10.7. The summed E-state index contributed by atoms with van der Waals surface area (Å²) < 4.78 is 10.4. The Morgan fingerprint density at radius 2 is 2.00 bits per heavy atom. The molecule has 0 aliphatic carbocycles. The molecule has 0 unspecified atom stereocenters. The van der Waals surface area contributed by atoms with Gasteiger partial charge in [0.25, 0.3) is 0 Å². The van der Waals surface area contributed by atoms with Crippen LogP contribution in [0.1, 0.15) is 24.0 Å². The average Bonchev–Trinajstić information content (AvgIpc) is 2.42. The molecule has 1 rings (SSSR count). The third kappa shape index (κ3) is 6.06. The molecule has 0 N–H and O–H groups in total. The summed E-state index contributed by atoms with van der Waals surface area (Å²) in [6.45, 7) is 6.47. The highest BCUT2D eigenvalue weighted by atomic mass is 16.5. The first kappa shape index (κ1) is 16.5. The summed E-state index contributed by atoms with van der Waals surface area (Å²) in [5, 5.41) is 0. The van der Waals surface area contributed by atoms with Crippen molar-refractivity contribution in [2.75, 3.05) is 33.9 Å². The highest BCUT2D eigenvalue weighted by Gasteiger charge is 2.04. The zero-order valence-electron chi connectivity index (χ0n) is 12.9. The molecule has 0 fully saturated rings. The van der Waals surface area contributed by atoms with Crippen LogP contribution in [0.2, 0.25) is 0 Å². The second kappa shape index (κ2) is 8.59. The van der Waals surface area contributed by atoms with Crippen LogP contribution in [-0.4, -0.2) is 44.7 Å². The Bertz CT molecular complexity index is 432. The van der Waals surface area contributed by atoms with Crippen LogP contribution in [0.5, 0.6) is 5.75 Å². The van der Waals surface area contributed by atoms with Crippen molar-refractivity contribution in [3.05, 3.63) is 29.3 Å². The van der Waals surface area contributed by atoms with Gasteiger partial charge in [-0.1, -0.05) is 12.1 Å². The van der Waals surface area contributed by atoms with E-state index in [2.05, 4.69) is 41.7 Å². The van der Waals surface area contributed by atoms with Crippen LogP contribution >= 0.6 is 0 Å². The fraction of sp³-hybridized carbons (Fsp3) is 0.562. The molecule has 20 heavy (non-hydrogen) atoms. The lowest BCUT2D eigenvalue weighted by Gasteiger charge is -2.17. The third-order valence-electron chi connectivity index (χ3n) is 3.22. The monoisotopic (exact) mass is 279 g/mol. The summed E-state index contributed by atoms with van der Waals surface area (Å²) in [5.41, 5.74) is 2.36. The number of rotatable bonds is 8. The molecule has 0 aromatic heterocycles. The maximum absolute atomic E-state index is 11.0. The maximum Gasteiger partial charge on any atom is 0.305 e. The minimum absolute atomic E-state index is 0.148. The van der Waals surface area contributed by atoms with Crippen LogP contribution < -0.4 is 4.74 Å². The summed E-state index contributed by atoms with van der Waals surface area (Å²) in [5.74, 6) is 0.804. The quantitative estimate of drug-likeness (QED) is 0.686. The average molecular weight is 279 g/mol. The van der Waals surface area contributed by atoms with Gasteiger partial charge in [-0.2, -0.15) is 0 Å². The van der Waals surface area contributed by atoms with E-state index in [0.29, 0.717) is 13.0 Å². The first-order valence-electron chi connectivity index (χ1n) is 6.98. The Balaban J connectivity index is 2.23. The molecule has 1 aromatic rings. The molecule has 4 nitrogen and oxygen atoms in total. The number of aryl methyl sites for hydroxylation is 2. The largest absolute Gasteiger partial charge is 0.492 e. The van der Waals surface area contributed by atoms with Gasteiger partial charge in [0.1, 0.15) is 12.4 Å². The SMILES string of the molecule is COC(=O)CCCN(C)CCOc1cc(C)ccc1C. The second-order valence-corrected chi connectivity index (χ2v) is 5.10. The van der Waals surface area contributed by atoms with Crippen LogP contribution in [0, 0.1) is 13.8 Å². The molecule has 112 valence electrons. The topological polar surface area (TPSA) is 38.8 Å². The standard InChI is InChI=1S/C16H25NO3/c1-13-7-8-14(2)15(12-13)20-11-10-17(3)9-5-6-16(18)19-4/h7-8,12H,5-6,9-11H2,1-4H3. The highest BCUT2D eigenvalue weighted by Crippen LogP contribution is 2.18. The zero-order valence-corrected chi connectivity index (χ0v) is 12.9. The van der Waals surface area contributed by atoms with Crippen molar-refractivity contribution in [3.63, 3.8) is 0 Å². The van der Waals surface area contributed by atoms with Crippen molar-refractivity contribution in [3.8, 4) is 5.75 Å². The van der Waals surface area contributed by atoms with Crippen molar-refractivity contribution in [2.45, 2.75) is 26.7 Å². The van der Waals surface area contributed by atoms with Crippen molar-refractivity contribution in [1.82, 2.24) is 4.90 Å². The van der Waals surface area contributed by atoms with E-state index >= 15 is 0 Å². The Hall–Kier alpha value is -1.55. The van der Waals surface area contributed by atoms with Crippen LogP contribution in [0.3, 0.4) is 0 Å². The van der Waals surface area contributed by atoms with Gasteiger partial charge in [0.05, 0.1) is 7.11 Å². The summed E-state index contributed by atoms with van der Waals surface area (Å²) >= 11 is 0. The Morgan fingerprint density at radius 3 is 2.70 bits per heavy atom. The molecule has 4 heteroatoms. The van der Waals surface area contributed by atoms with E-state index in [1.807, 2.05) is 7.05 Å². The fourth-order valence-corrected chi connectivity index (χ4v) is 1.88. The van der Waals surface area contributed by atoms with Gasteiger partial charge < -0.3 is 14.4 Å². The molecule has 0 aliphatic rings. The number of ether oxygens (including phenoxy) is 2. The summed E-state index contributed by atoms with van der Waals surface area (Å²) in [4.78, 5) is 13.2. The van der Waals surface area contributed by atoms with E-state index in [1.54, 1.807) is 0 Å². The molecular formula is C16H25NO3. The lowest BCUT2D eigenvalue weighted by Crippen LogP contribution is -2.26. The van der Waals surface area contributed by atoms with Crippen LogP contribution in [0.4, 0.5) is 0 Å². The maximum atomic E-state index is 11.0. The van der Waals surface area contributed by atoms with Crippen molar-refractivity contribution < 1.29 is 14.3 Å². The molecule has 1 aromatic carbocycles. The molecule has 0 atom stereocenters. The number of hydrogen-bond acceptors (Lipinski definition) is 4. The number of benzene rings is 1. The predicted molar refractivity (Wildman–Crippen MR) is 80.2 cm³/mol. The predicted octanol–water partition coefficient (Wildman–Crippen LogP) is 2.57. The smallest absolute Gasteiger partial charge is 0.305 e. The second-order valence-electron chi connectivity index (χ2n) is 5.10. The molecular weight excluding hydrogens is 254 g/mol. The number of methoxy groups -OCH3 is 1. The van der Waals surface area contributed by atoms with E-state index in [9.17, 15) is 4.79 Å². The van der Waals surface area contributed by atoms with Gasteiger partial charge in [0.15, 0.2) is 0 Å². The number of likely N-dealkylation sites (N-methyl/N-ethyl adjacent to an activating group) is 1. The van der Waals surface area contributed by atoms with Gasteiger partial charge >= 0.3 is 5.97 Å². The molecule has 0 aliphatic heterocycles. The lowest BCUT2D eigenvalue weighted by molar-refractivity contribution is -0.140. The summed E-state index contributed by atoms with van der Waals surface area (Å²) in [6.07, 6.45) is 1.28. The molecule has 0 saturated heterocycles. The number of nitrogens with zero attached hydrogens (tertiary/aromatic N) is 1. The van der Waals surface area contributed by atoms with Crippen molar-refractivity contribution >= 4 is 5.97 Å². The van der Waals surface area contributed by atoms with Gasteiger partial charge in [-0.3, -0.25) is 4.79 Å². The third-order valence-corrected chi connectivity index (χ3v) is 3.22. The van der Waals surface area contributed by atoms with E-state index in [-0.39, 0.29) is 5.97 Å². The summed E-state index contributed by atoms with van der Waals surface area (Å²) in [6, 6.07) is 6.22. The van der Waals surface area contributed by atoms with Crippen LogP contribution in [-0.2, 0) is 9.53 Å². The van der Waals surface area contributed by atoms with Gasteiger partial charge in [0.2, 0.25) is 0 Å². The Morgan fingerprint density at radius 1 is 1.25 bits per heavy atom. The van der Waals surface area contributed by atoms with E-state index < -0.39 is 0 Å². The number of carbonyl (C=O) groups is 1. The molecule has 0 spiro atoms. The summed E-state index contributed by atoms with van der Waals surface area (Å²) in [7, 11) is 3.45. The van der Waals surface area contributed by atoms with Gasteiger partial charge in [-0.15, -0.1) is 0 Å². The van der Waals surface area contributed by atoms with Crippen molar-refractivity contribution in [2.24, 2.45) is 0 Å². The van der Waals surface area contributed by atoms with Gasteiger partial charge in [-0.25, -0.2) is 0 Å². The Kier molecular flexibility index (Phi) is 7.09. The van der Waals surface area contributed by atoms with Crippen molar-refractivity contribution in [1.29, 1.82) is 0 Å². The number of carbonyl (C=O) groups excluding carboxylic acids is 1. The van der Waals surface area contributed by atoms with E-state index in [0.717, 1.165) is 30.8 Å². The first-order chi connectivity index (χ1) is 9.52. The van der Waals surface area contributed by atoms with Crippen LogP contribution in [0.25, 0.3) is 0 Å². The molecule has 0 radical (unpaired) electrons. The molecule has 0 saturated carbocycles. The lowest BCUT2D eigenvalue weighted by atomic mass is 10.1. The van der Waals surface area contributed by atoms with E-state index in [1.165, 1.54) is 12.7 Å². The first-order valence-corrected chi connectivity index (χ1v) is 6.98. The minimum atomic E-state index is -0.148.